The van der Waals surface area contributed by atoms with Gasteiger partial charge in [-0.25, -0.2) is 0 Å². The summed E-state index contributed by atoms with van der Waals surface area (Å²) in [4.78, 5) is 44.9. The Morgan fingerprint density at radius 2 is 1.15 bits per heavy atom. The zero-order valence-corrected chi connectivity index (χ0v) is 56.2. The molecule has 1 saturated carbocycles. The van der Waals surface area contributed by atoms with Crippen molar-refractivity contribution in [2.75, 3.05) is 7.15 Å². The number of Topliss-reactive ketones (excluding diaryl/α,β-unsaturated/α-hetero) is 1. The van der Waals surface area contributed by atoms with Gasteiger partial charge in [-0.05, 0) is 78.3 Å². The molecule has 0 saturated heterocycles. The van der Waals surface area contributed by atoms with Crippen LogP contribution in [0, 0.1) is 17.4 Å². The monoisotopic (exact) mass is 1300 g/mol. The van der Waals surface area contributed by atoms with Crippen molar-refractivity contribution in [2.24, 2.45) is 10.8 Å². The van der Waals surface area contributed by atoms with Gasteiger partial charge in [0.05, 0.1) is 8.52 Å². The van der Waals surface area contributed by atoms with Crippen molar-refractivity contribution < 1.29 is 55.1 Å². The first-order chi connectivity index (χ1) is 29.5. The second-order valence-corrected chi connectivity index (χ2v) is 45.9. The minimum atomic E-state index is -1.17. The zero-order chi connectivity index (χ0) is 51.4. The van der Waals surface area contributed by atoms with E-state index in [0.29, 0.717) is 46.8 Å². The standard InChI is InChI=1S/C12H22OSi.C10H18OSi.C9H16OSi.C9H12O.C2H3.CH3F.CH4.BrH.2ClH.Cu.Mg.S5.S4/c1-6-12(2)8-10(13)7-11(9-12)14(3,4)5;1-8-5-9(11)7-10(6-8)12(2,3)4;1-11(2,3)9-6-4-5-8(10)7-9;1-3-9(2)6-4-5-8(10)7-9;2*1-2;;;;;;;1-3-5-4-2;1-3-4-2/h6,11H,1,7-9H2,2-5H3;5,10H,6-7H2,1-4H3;4-5,9H,6-7H2,1-3H3;3-5H,1,6-7H2,2H3;1H,2H2;1H3;1H4;3*1H;;;;/q;;;;-1;;;;;;2*+2;;/p-3/t11-,12-;10-;2*9-;;;;;;;;;;/m1010........../s1/i;;;;;1D;;;;;;;;. The molecule has 0 heterocycles. The van der Waals surface area contributed by atoms with Crippen LogP contribution in [-0.2, 0) is 121 Å². The fourth-order valence-corrected chi connectivity index (χ4v) is 14.6. The van der Waals surface area contributed by atoms with Gasteiger partial charge in [0.1, 0.15) is 5.78 Å². The molecule has 4 aliphatic rings. The van der Waals surface area contributed by atoms with Gasteiger partial charge in [0.15, 0.2) is 17.3 Å². The number of hydrogen-bond acceptors (Lipinski definition) is 8. The summed E-state index contributed by atoms with van der Waals surface area (Å²) in [5.74, 6) is 1.31. The maximum atomic E-state index is 11.7. The first-order valence-electron chi connectivity index (χ1n) is 20.5. The summed E-state index contributed by atoms with van der Waals surface area (Å²) in [5, 5.41) is 0. The third kappa shape index (κ3) is 47.1. The maximum Gasteiger partial charge on any atom is 2.00 e. The Bertz CT molecular complexity index is 1750. The quantitative estimate of drug-likeness (QED) is 0.153. The van der Waals surface area contributed by atoms with Crippen LogP contribution in [0.1, 0.15) is 87.4 Å². The van der Waals surface area contributed by atoms with Crippen LogP contribution in [0.4, 0.5) is 4.39 Å². The fraction of sp³-hybridized carbons (Fsp3) is 0.636. The second kappa shape index (κ2) is 48.0. The van der Waals surface area contributed by atoms with E-state index in [9.17, 15) is 23.6 Å². The minimum Gasteiger partial charge on any atom is 2.00 e. The molecule has 0 aromatic heterocycles. The van der Waals surface area contributed by atoms with Crippen LogP contribution in [0.15, 0.2) is 67.8 Å². The Morgan fingerprint density at radius 1 is 0.742 bits per heavy atom. The number of ketones is 4. The number of carbonyl (C=O) groups is 4. The van der Waals surface area contributed by atoms with Gasteiger partial charge >= 0.3 is 56.4 Å². The molecule has 0 N–H and O–H groups in total. The molecule has 0 aliphatic heterocycles. The van der Waals surface area contributed by atoms with Gasteiger partial charge in [0.25, 0.3) is 0 Å². The second-order valence-electron chi connectivity index (χ2n) is 18.8. The molecule has 4 aliphatic carbocycles. The summed E-state index contributed by atoms with van der Waals surface area (Å²) in [6.45, 7) is 42.0. The Hall–Kier alpha value is 2.03. The number of carbonyl (C=O) groups excluding carboxylic acids is 4. The van der Waals surface area contributed by atoms with E-state index < -0.39 is 31.4 Å². The van der Waals surface area contributed by atoms with Gasteiger partial charge in [-0.15, -0.1) is 13.2 Å². The van der Waals surface area contributed by atoms with Gasteiger partial charge in [0, 0.05) is 145 Å². The Morgan fingerprint density at radius 3 is 1.44 bits per heavy atom. The molecule has 22 heteroatoms. The van der Waals surface area contributed by atoms with Crippen LogP contribution in [0.3, 0.4) is 0 Å². The van der Waals surface area contributed by atoms with E-state index in [1.54, 1.807) is 12.2 Å². The van der Waals surface area contributed by atoms with Gasteiger partial charge in [-0.3, -0.25) is 30.1 Å². The molecule has 66 heavy (non-hydrogen) atoms. The predicted octanol–water partition coefficient (Wildman–Crippen LogP) is 11.2. The number of halogens is 4. The average molecular weight is 1300 g/mol. The summed E-state index contributed by atoms with van der Waals surface area (Å²) in [6.07, 6.45) is 21.2. The molecule has 0 aromatic carbocycles. The minimum absolute atomic E-state index is 0. The SMILES string of the molecule is C.C=C[C@@]1(C)CC=CC(=O)C1.C=C[C@]1(C)CC(=O)C[C@@H]([Si](C)(C)C)C1.CC1=CC(=O)C[C@@H]([Si](C)(C)C)C1.C[Si](C)(C)[C@@H]1CC=CC(=O)C1.S=S=S=S.S=S=S=S=S.[2H]CF.[Br-].[CH-]=C.[Cl][Cu][Cl].[Mg+2]. The summed E-state index contributed by atoms with van der Waals surface area (Å²) < 4.78 is 15.5. The maximum absolute atomic E-state index is 11.7. The predicted molar refractivity (Wildman–Crippen MR) is 319 cm³/mol. The molecule has 0 unspecified atom stereocenters. The van der Waals surface area contributed by atoms with Crippen molar-refractivity contribution >= 4 is 180 Å². The van der Waals surface area contributed by atoms with Crippen molar-refractivity contribution in [3.8, 4) is 0 Å². The smallest absolute Gasteiger partial charge is 2.00 e. The summed E-state index contributed by atoms with van der Waals surface area (Å²) in [6, 6.07) is 0. The van der Waals surface area contributed by atoms with Crippen molar-refractivity contribution in [1.82, 2.24) is 0 Å². The third-order valence-corrected chi connectivity index (χ3v) is 25.9. The summed E-state index contributed by atoms with van der Waals surface area (Å²) >= 11 is 18.3. The van der Waals surface area contributed by atoms with Crippen LogP contribution < -0.4 is 17.0 Å². The van der Waals surface area contributed by atoms with Gasteiger partial charge in [0.2, 0.25) is 0 Å². The molecule has 1 fully saturated rings. The Balaban J connectivity index is -0.000000103. The van der Waals surface area contributed by atoms with E-state index in [1.165, 1.54) is 50.0 Å². The summed E-state index contributed by atoms with van der Waals surface area (Å²) in [7, 11) is 11.3. The molecule has 0 aromatic rings. The number of rotatable bonds is 5. The molecule has 0 radical (unpaired) electrons. The van der Waals surface area contributed by atoms with Gasteiger partial charge in [-0.2, -0.15) is 0 Å². The molecular formula is C44H78BrCl2CuFMgO4S9Si3. The molecule has 0 spiro atoms. The molecule has 0 amide bonds. The molecule has 0 bridgehead atoms. The first-order valence-corrected chi connectivity index (χ1v) is 42.4. The number of hydrogen-bond donors (Lipinski definition) is 0. The van der Waals surface area contributed by atoms with Crippen LogP contribution in [-0.4, -0.2) is 77.6 Å². The van der Waals surface area contributed by atoms with Crippen LogP contribution in [0.5, 0.6) is 0 Å². The molecule has 4 nitrogen and oxygen atoms in total. The third-order valence-electron chi connectivity index (χ3n) is 10.6. The molecular weight excluding hydrogens is 1220 g/mol. The first kappa shape index (κ1) is 82.1. The van der Waals surface area contributed by atoms with E-state index in [-0.39, 0.29) is 64.1 Å². The Labute approximate surface area is 482 Å². The van der Waals surface area contributed by atoms with E-state index in [2.05, 4.69) is 171 Å². The van der Waals surface area contributed by atoms with E-state index >= 15 is 0 Å². The number of alkyl halides is 1. The van der Waals surface area contributed by atoms with Gasteiger partial charge < -0.3 is 23.6 Å². The van der Waals surface area contributed by atoms with Crippen molar-refractivity contribution in [2.45, 2.75) is 162 Å². The number of allylic oxidation sites excluding steroid dienone is 8. The molecule has 5 atom stereocenters. The average Bonchev–Trinajstić information content (AvgIpc) is 3.19. The topological polar surface area (TPSA) is 68.3 Å². The Kier molecular flexibility index (Phi) is 59.7. The van der Waals surface area contributed by atoms with Gasteiger partial charge in [-0.1, -0.05) is 110 Å². The van der Waals surface area contributed by atoms with E-state index in [1.807, 2.05) is 30.4 Å². The fourth-order valence-electron chi connectivity index (χ4n) is 6.55. The molecule has 385 valence electrons. The van der Waals surface area contributed by atoms with Crippen LogP contribution in [0.25, 0.3) is 0 Å². The van der Waals surface area contributed by atoms with Crippen molar-refractivity contribution in [3.63, 3.8) is 0 Å². The largest absolute Gasteiger partial charge is 2.00 e. The normalized spacial score (nSPS) is 22.5. The summed E-state index contributed by atoms with van der Waals surface area (Å²) in [5.41, 5.74) is 3.37. The van der Waals surface area contributed by atoms with Crippen LogP contribution in [0.2, 0.25) is 75.5 Å². The zero-order valence-electron chi connectivity index (χ0n) is 41.4. The van der Waals surface area contributed by atoms with Crippen molar-refractivity contribution in [1.29, 1.82) is 0 Å². The van der Waals surface area contributed by atoms with E-state index in [0.717, 1.165) is 58.1 Å². The molecule has 4 rings (SSSR count). The van der Waals surface area contributed by atoms with Crippen molar-refractivity contribution in [3.05, 3.63) is 74.4 Å². The van der Waals surface area contributed by atoms with E-state index in [4.69, 9.17) is 1.37 Å². The van der Waals surface area contributed by atoms with Crippen LogP contribution >= 0.6 is 20.2 Å².